The molecule has 5 nitrogen and oxygen atoms in total. The molecule has 1 fully saturated rings. The zero-order valence-corrected chi connectivity index (χ0v) is 15.7. The first kappa shape index (κ1) is 17.9. The topological polar surface area (TPSA) is 50.8 Å². The second-order valence-corrected chi connectivity index (χ2v) is 7.16. The van der Waals surface area contributed by atoms with Crippen molar-refractivity contribution in [3.8, 4) is 5.75 Å². The summed E-state index contributed by atoms with van der Waals surface area (Å²) >= 11 is 0. The first-order chi connectivity index (χ1) is 13.3. The molecule has 0 spiro atoms. The molecule has 0 saturated carbocycles. The number of ether oxygens (including phenoxy) is 2. The molecule has 0 bridgehead atoms. The standard InChI is InChI=1S/C22H26N2O3/c1-26-19-8-7-16-9-12-24(22(25)23-18-10-13-27-14-11-18)21(20(16)15-19)17-5-3-2-4-6-17/h2-8,15,18,21H,9-14H2,1H3,(H,23,25). The third-order valence-electron chi connectivity index (χ3n) is 5.51. The van der Waals surface area contributed by atoms with Crippen molar-refractivity contribution in [2.75, 3.05) is 26.9 Å². The highest BCUT2D eigenvalue weighted by molar-refractivity contribution is 5.76. The Hall–Kier alpha value is -2.53. The van der Waals surface area contributed by atoms with Gasteiger partial charge in [-0.2, -0.15) is 0 Å². The molecular formula is C22H26N2O3. The highest BCUT2D eigenvalue weighted by Gasteiger charge is 2.33. The molecular weight excluding hydrogens is 340 g/mol. The summed E-state index contributed by atoms with van der Waals surface area (Å²) in [6.07, 6.45) is 2.60. The maximum absolute atomic E-state index is 13.2. The van der Waals surface area contributed by atoms with Crippen LogP contribution in [0.5, 0.6) is 5.75 Å². The molecule has 1 atom stereocenters. The SMILES string of the molecule is COc1ccc2c(c1)C(c1ccccc1)N(C(=O)NC1CCOCC1)CC2. The Labute approximate surface area is 160 Å². The predicted octanol–water partition coefficient (Wildman–Crippen LogP) is 3.53. The largest absolute Gasteiger partial charge is 0.497 e. The van der Waals surface area contributed by atoms with E-state index in [0.29, 0.717) is 19.8 Å². The number of nitrogens with one attached hydrogen (secondary N) is 1. The van der Waals surface area contributed by atoms with Crippen molar-refractivity contribution < 1.29 is 14.3 Å². The lowest BCUT2D eigenvalue weighted by Crippen LogP contribution is -2.50. The van der Waals surface area contributed by atoms with Crippen LogP contribution < -0.4 is 10.1 Å². The Bertz CT molecular complexity index is 787. The van der Waals surface area contributed by atoms with E-state index in [-0.39, 0.29) is 18.1 Å². The van der Waals surface area contributed by atoms with E-state index >= 15 is 0 Å². The third kappa shape index (κ3) is 3.78. The van der Waals surface area contributed by atoms with Crippen LogP contribution in [0.25, 0.3) is 0 Å². The maximum atomic E-state index is 13.2. The third-order valence-corrected chi connectivity index (χ3v) is 5.51. The lowest BCUT2D eigenvalue weighted by atomic mass is 9.88. The molecule has 1 unspecified atom stereocenters. The first-order valence-electron chi connectivity index (χ1n) is 9.63. The summed E-state index contributed by atoms with van der Waals surface area (Å²) in [7, 11) is 1.68. The number of urea groups is 1. The van der Waals surface area contributed by atoms with Crippen molar-refractivity contribution in [2.45, 2.75) is 31.3 Å². The number of rotatable bonds is 3. The summed E-state index contributed by atoms with van der Waals surface area (Å²) < 4.78 is 10.9. The van der Waals surface area contributed by atoms with Gasteiger partial charge in [0.05, 0.1) is 13.2 Å². The maximum Gasteiger partial charge on any atom is 0.318 e. The molecule has 2 amide bonds. The fraction of sp³-hybridized carbons (Fsp3) is 0.409. The van der Waals surface area contributed by atoms with Crippen LogP contribution >= 0.6 is 0 Å². The molecule has 0 radical (unpaired) electrons. The molecule has 0 aromatic heterocycles. The molecule has 2 heterocycles. The number of carbonyl (C=O) groups is 1. The minimum atomic E-state index is -0.107. The van der Waals surface area contributed by atoms with E-state index in [1.807, 2.05) is 29.2 Å². The van der Waals surface area contributed by atoms with Crippen LogP contribution in [-0.2, 0) is 11.2 Å². The highest BCUT2D eigenvalue weighted by Crippen LogP contribution is 2.37. The van der Waals surface area contributed by atoms with Gasteiger partial charge in [0.2, 0.25) is 0 Å². The average molecular weight is 366 g/mol. The molecule has 2 aromatic rings. The van der Waals surface area contributed by atoms with Gasteiger partial charge in [0.15, 0.2) is 0 Å². The number of methoxy groups -OCH3 is 1. The van der Waals surface area contributed by atoms with Gasteiger partial charge in [0.1, 0.15) is 5.75 Å². The molecule has 0 aliphatic carbocycles. The van der Waals surface area contributed by atoms with Crippen molar-refractivity contribution >= 4 is 6.03 Å². The number of hydrogen-bond acceptors (Lipinski definition) is 3. The van der Waals surface area contributed by atoms with Crippen LogP contribution in [0.15, 0.2) is 48.5 Å². The van der Waals surface area contributed by atoms with Crippen molar-refractivity contribution in [1.29, 1.82) is 0 Å². The molecule has 2 aliphatic rings. The summed E-state index contributed by atoms with van der Waals surface area (Å²) in [6, 6.07) is 16.5. The summed E-state index contributed by atoms with van der Waals surface area (Å²) in [5, 5.41) is 3.22. The number of amides is 2. The molecule has 4 rings (SSSR count). The van der Waals surface area contributed by atoms with Crippen LogP contribution in [0.4, 0.5) is 4.79 Å². The lowest BCUT2D eigenvalue weighted by Gasteiger charge is -2.39. The van der Waals surface area contributed by atoms with E-state index in [0.717, 1.165) is 36.1 Å². The van der Waals surface area contributed by atoms with Gasteiger partial charge in [0, 0.05) is 25.8 Å². The van der Waals surface area contributed by atoms with Gasteiger partial charge in [0.25, 0.3) is 0 Å². The Morgan fingerprint density at radius 1 is 1.15 bits per heavy atom. The van der Waals surface area contributed by atoms with Crippen molar-refractivity contribution in [1.82, 2.24) is 10.2 Å². The Kier molecular flexibility index (Phi) is 5.30. The van der Waals surface area contributed by atoms with Crippen LogP contribution in [0.1, 0.15) is 35.6 Å². The number of benzene rings is 2. The van der Waals surface area contributed by atoms with Crippen LogP contribution in [0, 0.1) is 0 Å². The van der Waals surface area contributed by atoms with Gasteiger partial charge in [-0.3, -0.25) is 0 Å². The zero-order valence-electron chi connectivity index (χ0n) is 15.7. The van der Waals surface area contributed by atoms with Gasteiger partial charge in [-0.05, 0) is 48.1 Å². The van der Waals surface area contributed by atoms with Gasteiger partial charge in [-0.15, -0.1) is 0 Å². The molecule has 1 saturated heterocycles. The van der Waals surface area contributed by atoms with Gasteiger partial charge in [-0.1, -0.05) is 36.4 Å². The second kappa shape index (κ2) is 8.01. The van der Waals surface area contributed by atoms with E-state index in [4.69, 9.17) is 9.47 Å². The molecule has 5 heteroatoms. The molecule has 142 valence electrons. The van der Waals surface area contributed by atoms with E-state index < -0.39 is 0 Å². The summed E-state index contributed by atoms with van der Waals surface area (Å²) in [5.74, 6) is 0.821. The van der Waals surface area contributed by atoms with Crippen LogP contribution in [0.3, 0.4) is 0 Å². The van der Waals surface area contributed by atoms with Gasteiger partial charge in [-0.25, -0.2) is 4.79 Å². The molecule has 27 heavy (non-hydrogen) atoms. The summed E-state index contributed by atoms with van der Waals surface area (Å²) in [5.41, 5.74) is 3.54. The van der Waals surface area contributed by atoms with Crippen molar-refractivity contribution in [2.24, 2.45) is 0 Å². The smallest absolute Gasteiger partial charge is 0.318 e. The predicted molar refractivity (Wildman–Crippen MR) is 104 cm³/mol. The number of nitrogens with zero attached hydrogens (tertiary/aromatic N) is 1. The minimum absolute atomic E-state index is 0.00391. The van der Waals surface area contributed by atoms with Crippen LogP contribution in [-0.4, -0.2) is 43.8 Å². The molecule has 2 aromatic carbocycles. The van der Waals surface area contributed by atoms with Crippen molar-refractivity contribution in [3.63, 3.8) is 0 Å². The van der Waals surface area contributed by atoms with E-state index in [1.54, 1.807) is 7.11 Å². The fourth-order valence-corrected chi connectivity index (χ4v) is 4.03. The number of hydrogen-bond donors (Lipinski definition) is 1. The molecule has 2 aliphatic heterocycles. The lowest BCUT2D eigenvalue weighted by molar-refractivity contribution is 0.0772. The van der Waals surface area contributed by atoms with E-state index in [9.17, 15) is 4.79 Å². The quantitative estimate of drug-likeness (QED) is 0.904. The highest BCUT2D eigenvalue weighted by atomic mass is 16.5. The zero-order chi connectivity index (χ0) is 18.6. The minimum Gasteiger partial charge on any atom is -0.497 e. The normalized spacial score (nSPS) is 20.0. The Balaban J connectivity index is 1.66. The molecule has 1 N–H and O–H groups in total. The summed E-state index contributed by atoms with van der Waals surface area (Å²) in [6.45, 7) is 2.13. The second-order valence-electron chi connectivity index (χ2n) is 7.16. The monoisotopic (exact) mass is 366 g/mol. The van der Waals surface area contributed by atoms with E-state index in [1.165, 1.54) is 5.56 Å². The Morgan fingerprint density at radius 3 is 2.67 bits per heavy atom. The van der Waals surface area contributed by atoms with Gasteiger partial charge >= 0.3 is 6.03 Å². The fourth-order valence-electron chi connectivity index (χ4n) is 4.03. The average Bonchev–Trinajstić information content (AvgIpc) is 2.73. The van der Waals surface area contributed by atoms with E-state index in [2.05, 4.69) is 29.6 Å². The first-order valence-corrected chi connectivity index (χ1v) is 9.63. The summed E-state index contributed by atoms with van der Waals surface area (Å²) in [4.78, 5) is 15.1. The number of fused-ring (bicyclic) bond motifs is 1. The number of carbonyl (C=O) groups excluding carboxylic acids is 1. The van der Waals surface area contributed by atoms with Crippen molar-refractivity contribution in [3.05, 3.63) is 65.2 Å². The van der Waals surface area contributed by atoms with Crippen LogP contribution in [0.2, 0.25) is 0 Å². The van der Waals surface area contributed by atoms with Gasteiger partial charge < -0.3 is 19.7 Å². The Morgan fingerprint density at radius 2 is 1.93 bits per heavy atom.